The van der Waals surface area contributed by atoms with Crippen molar-refractivity contribution in [3.63, 3.8) is 0 Å². The lowest BCUT2D eigenvalue weighted by atomic mass is 9.97. The molecule has 0 radical (unpaired) electrons. The molecule has 0 aromatic heterocycles. The van der Waals surface area contributed by atoms with Gasteiger partial charge in [-0.3, -0.25) is 4.99 Å². The third-order valence-electron chi connectivity index (χ3n) is 3.20. The molecule has 1 rings (SSSR count). The van der Waals surface area contributed by atoms with E-state index in [1.165, 1.54) is 24.0 Å². The van der Waals surface area contributed by atoms with E-state index in [0.29, 0.717) is 11.8 Å². The van der Waals surface area contributed by atoms with Crippen LogP contribution in [-0.2, 0) is 6.42 Å². The highest BCUT2D eigenvalue weighted by molar-refractivity contribution is 5.60. The van der Waals surface area contributed by atoms with Gasteiger partial charge in [0.1, 0.15) is 0 Å². The molecule has 100 valence electrons. The van der Waals surface area contributed by atoms with Crippen LogP contribution in [0.5, 0.6) is 0 Å². The van der Waals surface area contributed by atoms with Gasteiger partial charge in [0, 0.05) is 12.8 Å². The summed E-state index contributed by atoms with van der Waals surface area (Å²) >= 11 is 0. The first-order valence-electron chi connectivity index (χ1n) is 7.22. The van der Waals surface area contributed by atoms with Crippen LogP contribution in [0.4, 0.5) is 0 Å². The Bertz CT molecular complexity index is 348. The molecule has 0 aliphatic rings. The highest BCUT2D eigenvalue weighted by Crippen LogP contribution is 2.16. The third-order valence-corrected chi connectivity index (χ3v) is 3.20. The van der Waals surface area contributed by atoms with Crippen LogP contribution >= 0.6 is 0 Å². The van der Waals surface area contributed by atoms with E-state index in [2.05, 4.69) is 63.2 Å². The summed E-state index contributed by atoms with van der Waals surface area (Å²) in [7, 11) is 0. The maximum absolute atomic E-state index is 4.48. The van der Waals surface area contributed by atoms with Crippen LogP contribution in [0.25, 0.3) is 0 Å². The molecule has 0 N–H and O–H groups in total. The van der Waals surface area contributed by atoms with Crippen molar-refractivity contribution in [2.75, 3.05) is 6.54 Å². The Kier molecular flexibility index (Phi) is 6.70. The summed E-state index contributed by atoms with van der Waals surface area (Å²) in [5, 5.41) is 0. The molecule has 1 atom stereocenters. The van der Waals surface area contributed by atoms with Crippen molar-refractivity contribution in [3.05, 3.63) is 35.4 Å². The van der Waals surface area contributed by atoms with Crippen LogP contribution in [0.1, 0.15) is 57.6 Å². The second-order valence-electron chi connectivity index (χ2n) is 5.49. The van der Waals surface area contributed by atoms with Crippen molar-refractivity contribution < 1.29 is 0 Å². The van der Waals surface area contributed by atoms with E-state index in [9.17, 15) is 0 Å². The van der Waals surface area contributed by atoms with Crippen molar-refractivity contribution >= 4 is 6.21 Å². The van der Waals surface area contributed by atoms with Gasteiger partial charge in [0.15, 0.2) is 0 Å². The summed E-state index contributed by atoms with van der Waals surface area (Å²) in [4.78, 5) is 4.48. The standard InChI is InChI=1S/C17H27N/c1-5-6-11-18-13-15(4)12-16-7-9-17(10-8-16)14(2)3/h7-10,13-15H,5-6,11-12H2,1-4H3/b18-13+. The lowest BCUT2D eigenvalue weighted by Gasteiger charge is -2.09. The minimum Gasteiger partial charge on any atom is -0.297 e. The van der Waals surface area contributed by atoms with Crippen molar-refractivity contribution in [2.45, 2.75) is 52.9 Å². The molecule has 0 amide bonds. The molecule has 0 bridgehead atoms. The smallest absolute Gasteiger partial charge is 0.0385 e. The Morgan fingerprint density at radius 2 is 1.78 bits per heavy atom. The second-order valence-corrected chi connectivity index (χ2v) is 5.49. The van der Waals surface area contributed by atoms with E-state index in [4.69, 9.17) is 0 Å². The summed E-state index contributed by atoms with van der Waals surface area (Å²) in [5.41, 5.74) is 2.83. The Hall–Kier alpha value is -1.11. The lowest BCUT2D eigenvalue weighted by Crippen LogP contribution is -2.02. The molecule has 0 spiro atoms. The van der Waals surface area contributed by atoms with Crippen molar-refractivity contribution in [2.24, 2.45) is 10.9 Å². The average Bonchev–Trinajstić information content (AvgIpc) is 2.35. The van der Waals surface area contributed by atoms with E-state index in [0.717, 1.165) is 13.0 Å². The first kappa shape index (κ1) is 14.9. The van der Waals surface area contributed by atoms with E-state index >= 15 is 0 Å². The SMILES string of the molecule is CCCC/N=C/C(C)Cc1ccc(C(C)C)cc1. The molecule has 0 heterocycles. The molecule has 0 aliphatic carbocycles. The van der Waals surface area contributed by atoms with Crippen LogP contribution in [0.2, 0.25) is 0 Å². The fourth-order valence-electron chi connectivity index (χ4n) is 1.97. The number of nitrogens with zero attached hydrogens (tertiary/aromatic N) is 1. The van der Waals surface area contributed by atoms with Gasteiger partial charge in [0.2, 0.25) is 0 Å². The maximum atomic E-state index is 4.48. The van der Waals surface area contributed by atoms with Crippen molar-refractivity contribution in [3.8, 4) is 0 Å². The van der Waals surface area contributed by atoms with Crippen molar-refractivity contribution in [1.82, 2.24) is 0 Å². The summed E-state index contributed by atoms with van der Waals surface area (Å²) < 4.78 is 0. The summed E-state index contributed by atoms with van der Waals surface area (Å²) in [5.74, 6) is 1.15. The Morgan fingerprint density at radius 1 is 1.11 bits per heavy atom. The van der Waals surface area contributed by atoms with Crippen LogP contribution < -0.4 is 0 Å². The molecule has 0 saturated heterocycles. The Balaban J connectivity index is 2.44. The summed E-state index contributed by atoms with van der Waals surface area (Å²) in [6, 6.07) is 9.01. The molecule has 0 aliphatic heterocycles. The van der Waals surface area contributed by atoms with Crippen LogP contribution in [-0.4, -0.2) is 12.8 Å². The zero-order valence-electron chi connectivity index (χ0n) is 12.3. The predicted molar refractivity (Wildman–Crippen MR) is 81.7 cm³/mol. The van der Waals surface area contributed by atoms with Gasteiger partial charge in [-0.1, -0.05) is 58.4 Å². The second kappa shape index (κ2) is 8.07. The van der Waals surface area contributed by atoms with Gasteiger partial charge in [-0.2, -0.15) is 0 Å². The Morgan fingerprint density at radius 3 is 2.33 bits per heavy atom. The number of aliphatic imine (C=N–C) groups is 1. The molecule has 1 nitrogen and oxygen atoms in total. The molecule has 1 aromatic rings. The maximum Gasteiger partial charge on any atom is 0.0385 e. The number of unbranched alkanes of at least 4 members (excludes halogenated alkanes) is 1. The fraction of sp³-hybridized carbons (Fsp3) is 0.588. The normalized spacial score (nSPS) is 13.4. The Labute approximate surface area is 112 Å². The molecular weight excluding hydrogens is 218 g/mol. The zero-order chi connectivity index (χ0) is 13.4. The lowest BCUT2D eigenvalue weighted by molar-refractivity contribution is 0.761. The van der Waals surface area contributed by atoms with E-state index in [1.807, 2.05) is 0 Å². The minimum atomic E-state index is 0.534. The number of rotatable bonds is 7. The van der Waals surface area contributed by atoms with Gasteiger partial charge in [-0.15, -0.1) is 0 Å². The molecule has 18 heavy (non-hydrogen) atoms. The third kappa shape index (κ3) is 5.48. The summed E-state index contributed by atoms with van der Waals surface area (Å²) in [6.07, 6.45) is 5.63. The van der Waals surface area contributed by atoms with Crippen LogP contribution in [0.15, 0.2) is 29.3 Å². The van der Waals surface area contributed by atoms with Crippen LogP contribution in [0.3, 0.4) is 0 Å². The molecule has 0 fully saturated rings. The number of benzene rings is 1. The largest absolute Gasteiger partial charge is 0.297 e. The van der Waals surface area contributed by atoms with E-state index < -0.39 is 0 Å². The molecule has 1 aromatic carbocycles. The quantitative estimate of drug-likeness (QED) is 0.480. The predicted octanol–water partition coefficient (Wildman–Crippen LogP) is 4.86. The molecular formula is C17H27N. The van der Waals surface area contributed by atoms with Gasteiger partial charge in [0.25, 0.3) is 0 Å². The summed E-state index contributed by atoms with van der Waals surface area (Å²) in [6.45, 7) is 9.89. The van der Waals surface area contributed by atoms with E-state index in [-0.39, 0.29) is 0 Å². The molecule has 1 unspecified atom stereocenters. The average molecular weight is 245 g/mol. The monoisotopic (exact) mass is 245 g/mol. The number of hydrogen-bond donors (Lipinski definition) is 0. The van der Waals surface area contributed by atoms with Crippen LogP contribution in [0, 0.1) is 5.92 Å². The highest BCUT2D eigenvalue weighted by Gasteiger charge is 2.02. The minimum absolute atomic E-state index is 0.534. The zero-order valence-corrected chi connectivity index (χ0v) is 12.3. The van der Waals surface area contributed by atoms with Gasteiger partial charge >= 0.3 is 0 Å². The fourth-order valence-corrected chi connectivity index (χ4v) is 1.97. The van der Waals surface area contributed by atoms with Gasteiger partial charge < -0.3 is 0 Å². The first-order chi connectivity index (χ1) is 8.63. The van der Waals surface area contributed by atoms with Gasteiger partial charge in [-0.25, -0.2) is 0 Å². The van der Waals surface area contributed by atoms with Crippen molar-refractivity contribution in [1.29, 1.82) is 0 Å². The van der Waals surface area contributed by atoms with Gasteiger partial charge in [0.05, 0.1) is 0 Å². The highest BCUT2D eigenvalue weighted by atomic mass is 14.7. The first-order valence-corrected chi connectivity index (χ1v) is 7.22. The number of hydrogen-bond acceptors (Lipinski definition) is 1. The molecule has 1 heteroatoms. The molecule has 0 saturated carbocycles. The van der Waals surface area contributed by atoms with Gasteiger partial charge in [-0.05, 0) is 35.8 Å². The van der Waals surface area contributed by atoms with E-state index in [1.54, 1.807) is 0 Å². The topological polar surface area (TPSA) is 12.4 Å².